The summed E-state index contributed by atoms with van der Waals surface area (Å²) in [5.74, 6) is -2.78. The number of carbonyl (C=O) groups is 2. The van der Waals surface area contributed by atoms with E-state index in [-0.39, 0.29) is 10.9 Å². The lowest BCUT2D eigenvalue weighted by Crippen LogP contribution is -2.48. The molecule has 0 saturated heterocycles. The molecular formula is C11H12FN3O4S. The van der Waals surface area contributed by atoms with Crippen LogP contribution in [-0.2, 0) is 19.6 Å². The Morgan fingerprint density at radius 2 is 1.90 bits per heavy atom. The van der Waals surface area contributed by atoms with Crippen molar-refractivity contribution in [3.8, 4) is 0 Å². The van der Waals surface area contributed by atoms with Crippen LogP contribution >= 0.6 is 0 Å². The molecule has 108 valence electrons. The third-order valence-corrected chi connectivity index (χ3v) is 3.77. The third-order valence-electron chi connectivity index (χ3n) is 2.52. The third kappa shape index (κ3) is 3.75. The molecule has 0 aromatic heterocycles. The molecule has 9 heteroatoms. The number of hydrogen-bond donors (Lipinski definition) is 3. The van der Waals surface area contributed by atoms with Gasteiger partial charge in [-0.15, -0.1) is 4.83 Å². The molecule has 0 bridgehead atoms. The highest BCUT2D eigenvalue weighted by Gasteiger charge is 2.27. The molecule has 0 aliphatic heterocycles. The highest BCUT2D eigenvalue weighted by Crippen LogP contribution is 2.18. The van der Waals surface area contributed by atoms with Gasteiger partial charge in [-0.1, -0.05) is 6.07 Å². The predicted octanol–water partition coefficient (Wildman–Crippen LogP) is -0.586. The van der Waals surface area contributed by atoms with Crippen molar-refractivity contribution in [3.05, 3.63) is 30.1 Å². The molecule has 0 atom stereocenters. The number of rotatable bonds is 4. The molecule has 1 aromatic carbocycles. The van der Waals surface area contributed by atoms with Crippen LogP contribution in [0.1, 0.15) is 12.8 Å². The molecule has 20 heavy (non-hydrogen) atoms. The molecule has 0 heterocycles. The van der Waals surface area contributed by atoms with Crippen molar-refractivity contribution < 1.29 is 22.4 Å². The Balaban J connectivity index is 1.94. The van der Waals surface area contributed by atoms with Crippen molar-refractivity contribution in [1.29, 1.82) is 0 Å². The van der Waals surface area contributed by atoms with E-state index in [0.29, 0.717) is 0 Å². The minimum Gasteiger partial charge on any atom is -0.345 e. The van der Waals surface area contributed by atoms with E-state index < -0.39 is 27.7 Å². The summed E-state index contributed by atoms with van der Waals surface area (Å²) in [6, 6.07) is 4.22. The van der Waals surface area contributed by atoms with Gasteiger partial charge in [-0.05, 0) is 31.0 Å². The Bertz CT molecular complexity index is 643. The largest absolute Gasteiger partial charge is 0.345 e. The van der Waals surface area contributed by atoms with Gasteiger partial charge in [0.25, 0.3) is 10.0 Å². The summed E-state index contributed by atoms with van der Waals surface area (Å²) in [7, 11) is -4.13. The number of nitrogens with one attached hydrogen (secondary N) is 3. The Morgan fingerprint density at radius 1 is 1.20 bits per heavy atom. The molecule has 0 radical (unpaired) electrons. The summed E-state index contributed by atoms with van der Waals surface area (Å²) in [5, 5.41) is 2.39. The van der Waals surface area contributed by atoms with Crippen molar-refractivity contribution in [2.75, 3.05) is 0 Å². The van der Waals surface area contributed by atoms with Gasteiger partial charge >= 0.3 is 11.8 Å². The average Bonchev–Trinajstić information content (AvgIpc) is 3.20. The Hall–Kier alpha value is -2.00. The second-order valence-corrected chi connectivity index (χ2v) is 5.95. The zero-order chi connectivity index (χ0) is 14.8. The van der Waals surface area contributed by atoms with Crippen molar-refractivity contribution in [1.82, 2.24) is 15.6 Å². The summed E-state index contributed by atoms with van der Waals surface area (Å²) >= 11 is 0. The lowest BCUT2D eigenvalue weighted by Gasteiger charge is -2.08. The topological polar surface area (TPSA) is 104 Å². The molecule has 7 nitrogen and oxygen atoms in total. The molecule has 2 amide bonds. The fourth-order valence-electron chi connectivity index (χ4n) is 1.34. The maximum atomic E-state index is 12.9. The van der Waals surface area contributed by atoms with E-state index in [1.54, 1.807) is 10.3 Å². The van der Waals surface area contributed by atoms with E-state index >= 15 is 0 Å². The second-order valence-electron chi connectivity index (χ2n) is 4.26. The SMILES string of the molecule is O=C(NNS(=O)(=O)c1cccc(F)c1)C(=O)NC1CC1. The first-order valence-corrected chi connectivity index (χ1v) is 7.25. The molecule has 0 unspecified atom stereocenters. The van der Waals surface area contributed by atoms with E-state index in [4.69, 9.17) is 0 Å². The first kappa shape index (κ1) is 14.4. The summed E-state index contributed by atoms with van der Waals surface area (Å²) in [6.45, 7) is 0. The Morgan fingerprint density at radius 3 is 2.50 bits per heavy atom. The molecular weight excluding hydrogens is 289 g/mol. The Labute approximate surface area is 114 Å². The van der Waals surface area contributed by atoms with Crippen molar-refractivity contribution >= 4 is 21.8 Å². The maximum Gasteiger partial charge on any atom is 0.324 e. The van der Waals surface area contributed by atoms with Gasteiger partial charge in [-0.3, -0.25) is 15.0 Å². The molecule has 2 rings (SSSR count). The van der Waals surface area contributed by atoms with Gasteiger partial charge in [-0.25, -0.2) is 12.8 Å². The Kier molecular flexibility index (Phi) is 4.00. The van der Waals surface area contributed by atoms with Gasteiger partial charge in [0, 0.05) is 6.04 Å². The van der Waals surface area contributed by atoms with Gasteiger partial charge in [0.2, 0.25) is 0 Å². The second kappa shape index (κ2) is 5.55. The first-order chi connectivity index (χ1) is 9.38. The van der Waals surface area contributed by atoms with Gasteiger partial charge in [-0.2, -0.15) is 0 Å². The number of hydrogen-bond acceptors (Lipinski definition) is 4. The van der Waals surface area contributed by atoms with Crippen LogP contribution in [-0.4, -0.2) is 26.3 Å². The summed E-state index contributed by atoms with van der Waals surface area (Å²) in [5.41, 5.74) is 1.76. The van der Waals surface area contributed by atoms with Crippen LogP contribution in [0.2, 0.25) is 0 Å². The van der Waals surface area contributed by atoms with E-state index in [2.05, 4.69) is 5.32 Å². The van der Waals surface area contributed by atoms with Crippen LogP contribution in [0.5, 0.6) is 0 Å². The summed E-state index contributed by atoms with van der Waals surface area (Å²) < 4.78 is 36.4. The lowest BCUT2D eigenvalue weighted by molar-refractivity contribution is -0.139. The number of halogens is 1. The minimum absolute atomic E-state index is 0.0203. The number of carbonyl (C=O) groups excluding carboxylic acids is 2. The normalized spacial score (nSPS) is 14.7. The number of hydrazine groups is 1. The molecule has 1 fully saturated rings. The average molecular weight is 301 g/mol. The molecule has 1 aliphatic carbocycles. The lowest BCUT2D eigenvalue weighted by atomic mass is 10.4. The van der Waals surface area contributed by atoms with E-state index in [9.17, 15) is 22.4 Å². The standard InChI is InChI=1S/C11H12FN3O4S/c12-7-2-1-3-9(6-7)20(18,19)15-14-11(17)10(16)13-8-4-5-8/h1-3,6,8,15H,4-5H2,(H,13,16)(H,14,17). The van der Waals surface area contributed by atoms with Crippen LogP contribution in [0.15, 0.2) is 29.2 Å². The van der Waals surface area contributed by atoms with Crippen molar-refractivity contribution in [2.45, 2.75) is 23.8 Å². The van der Waals surface area contributed by atoms with Gasteiger partial charge in [0.1, 0.15) is 5.82 Å². The maximum absolute atomic E-state index is 12.9. The van der Waals surface area contributed by atoms with Crippen LogP contribution in [0.4, 0.5) is 4.39 Å². The molecule has 1 aromatic rings. The predicted molar refractivity (Wildman–Crippen MR) is 66.0 cm³/mol. The highest BCUT2D eigenvalue weighted by molar-refractivity contribution is 7.89. The quantitative estimate of drug-likeness (QED) is 0.511. The van der Waals surface area contributed by atoms with Crippen molar-refractivity contribution in [3.63, 3.8) is 0 Å². The summed E-state index contributed by atoms with van der Waals surface area (Å²) in [6.07, 6.45) is 1.60. The van der Waals surface area contributed by atoms with E-state index in [0.717, 1.165) is 31.0 Å². The van der Waals surface area contributed by atoms with Gasteiger partial charge in [0.05, 0.1) is 4.90 Å². The zero-order valence-corrected chi connectivity index (χ0v) is 11.0. The fourth-order valence-corrected chi connectivity index (χ4v) is 2.21. The van der Waals surface area contributed by atoms with Crippen molar-refractivity contribution in [2.24, 2.45) is 0 Å². The fraction of sp³-hybridized carbons (Fsp3) is 0.273. The van der Waals surface area contributed by atoms with Crippen LogP contribution in [0.3, 0.4) is 0 Å². The zero-order valence-electron chi connectivity index (χ0n) is 10.2. The minimum atomic E-state index is -4.13. The molecule has 1 saturated carbocycles. The molecule has 1 aliphatic rings. The van der Waals surface area contributed by atoms with Gasteiger partial charge < -0.3 is 5.32 Å². The summed E-state index contributed by atoms with van der Waals surface area (Å²) in [4.78, 5) is 24.0. The van der Waals surface area contributed by atoms with Crippen LogP contribution in [0, 0.1) is 5.82 Å². The van der Waals surface area contributed by atoms with E-state index in [1.165, 1.54) is 6.07 Å². The van der Waals surface area contributed by atoms with Crippen LogP contribution < -0.4 is 15.6 Å². The first-order valence-electron chi connectivity index (χ1n) is 5.77. The number of amides is 2. The monoisotopic (exact) mass is 301 g/mol. The molecule has 3 N–H and O–H groups in total. The smallest absolute Gasteiger partial charge is 0.324 e. The van der Waals surface area contributed by atoms with E-state index in [1.807, 2.05) is 0 Å². The van der Waals surface area contributed by atoms with Gasteiger partial charge in [0.15, 0.2) is 0 Å². The highest BCUT2D eigenvalue weighted by atomic mass is 32.2. The number of sulfonamides is 1. The number of benzene rings is 1. The van der Waals surface area contributed by atoms with Crippen LogP contribution in [0.25, 0.3) is 0 Å². The molecule has 0 spiro atoms.